The number of quaternary nitrogens is 1. The molecule has 0 aromatic carbocycles. The third kappa shape index (κ3) is 2.27. The number of nitrogens with zero attached hydrogens (tertiary/aromatic N) is 1. The zero-order valence-electron chi connectivity index (χ0n) is 9.58. The molecular weight excluding hydrogens is 178 g/mol. The molecule has 2 heterocycles. The van der Waals surface area contributed by atoms with Crippen LogP contribution in [-0.4, -0.2) is 49.7 Å². The van der Waals surface area contributed by atoms with Crippen molar-refractivity contribution in [1.29, 1.82) is 0 Å². The second-order valence-electron chi connectivity index (χ2n) is 5.41. The fourth-order valence-corrected chi connectivity index (χ4v) is 2.63. The van der Waals surface area contributed by atoms with E-state index in [2.05, 4.69) is 7.05 Å². The van der Waals surface area contributed by atoms with Crippen molar-refractivity contribution in [2.24, 2.45) is 0 Å². The van der Waals surface area contributed by atoms with Crippen molar-refractivity contribution in [3.63, 3.8) is 0 Å². The highest BCUT2D eigenvalue weighted by Gasteiger charge is 2.38. The highest BCUT2D eigenvalue weighted by molar-refractivity contribution is 4.71. The van der Waals surface area contributed by atoms with Crippen molar-refractivity contribution in [2.45, 2.75) is 38.6 Å². The number of likely N-dealkylation sites (N-methyl/N-ethyl adjacent to an activating group) is 1. The number of likely N-dealkylation sites (tertiary alicyclic amines) is 1. The van der Waals surface area contributed by atoms with Gasteiger partial charge in [0.1, 0.15) is 12.6 Å². The molecule has 2 rings (SSSR count). The summed E-state index contributed by atoms with van der Waals surface area (Å²) >= 11 is 0. The van der Waals surface area contributed by atoms with Crippen molar-refractivity contribution in [1.82, 2.24) is 0 Å². The lowest BCUT2D eigenvalue weighted by molar-refractivity contribution is -0.900. The first-order valence-electron chi connectivity index (χ1n) is 5.65. The fourth-order valence-electron chi connectivity index (χ4n) is 2.63. The smallest absolute Gasteiger partial charge is 0.163 e. The van der Waals surface area contributed by atoms with E-state index in [1.807, 2.05) is 13.8 Å². The van der Waals surface area contributed by atoms with Crippen molar-refractivity contribution < 1.29 is 14.0 Å². The standard InChI is InChI=1S/C11H22NO2/c1-11(2)13-9-10(14-11)8-12(3)6-4-5-7-12/h10H,4-9H2,1-3H3/q+1/t10-/m0/s1. The zero-order valence-corrected chi connectivity index (χ0v) is 9.58. The van der Waals surface area contributed by atoms with Crippen LogP contribution in [0.3, 0.4) is 0 Å². The number of hydrogen-bond acceptors (Lipinski definition) is 2. The van der Waals surface area contributed by atoms with Crippen LogP contribution >= 0.6 is 0 Å². The minimum absolute atomic E-state index is 0.299. The zero-order chi connectivity index (χ0) is 10.2. The Morgan fingerprint density at radius 1 is 1.29 bits per heavy atom. The van der Waals surface area contributed by atoms with Crippen LogP contribution in [0.15, 0.2) is 0 Å². The van der Waals surface area contributed by atoms with Gasteiger partial charge in [-0.1, -0.05) is 0 Å². The molecule has 2 saturated heterocycles. The Bertz CT molecular complexity index is 209. The molecule has 0 saturated carbocycles. The molecule has 0 amide bonds. The van der Waals surface area contributed by atoms with Gasteiger partial charge in [0.15, 0.2) is 5.79 Å². The summed E-state index contributed by atoms with van der Waals surface area (Å²) in [4.78, 5) is 0. The highest BCUT2D eigenvalue weighted by atomic mass is 16.7. The maximum atomic E-state index is 5.84. The third-order valence-electron chi connectivity index (χ3n) is 3.36. The van der Waals surface area contributed by atoms with Gasteiger partial charge in [-0.25, -0.2) is 0 Å². The maximum absolute atomic E-state index is 5.84. The van der Waals surface area contributed by atoms with Crippen LogP contribution in [0.4, 0.5) is 0 Å². The van der Waals surface area contributed by atoms with Crippen LogP contribution < -0.4 is 0 Å². The monoisotopic (exact) mass is 200 g/mol. The first-order valence-corrected chi connectivity index (χ1v) is 5.65. The molecule has 0 radical (unpaired) electrons. The van der Waals surface area contributed by atoms with Crippen LogP contribution in [-0.2, 0) is 9.47 Å². The van der Waals surface area contributed by atoms with E-state index in [0.29, 0.717) is 6.10 Å². The van der Waals surface area contributed by atoms with E-state index in [4.69, 9.17) is 9.47 Å². The summed E-state index contributed by atoms with van der Waals surface area (Å²) in [5, 5.41) is 0. The molecule has 0 aliphatic carbocycles. The summed E-state index contributed by atoms with van der Waals surface area (Å²) in [7, 11) is 2.34. The second kappa shape index (κ2) is 3.47. The molecule has 0 aromatic rings. The summed E-state index contributed by atoms with van der Waals surface area (Å²) in [6.45, 7) is 8.48. The Hall–Kier alpha value is -0.120. The lowest BCUT2D eigenvalue weighted by atomic mass is 10.3. The van der Waals surface area contributed by atoms with Gasteiger partial charge < -0.3 is 14.0 Å². The van der Waals surface area contributed by atoms with Gasteiger partial charge in [0.2, 0.25) is 0 Å². The van der Waals surface area contributed by atoms with Crippen LogP contribution in [0.5, 0.6) is 0 Å². The summed E-state index contributed by atoms with van der Waals surface area (Å²) in [6.07, 6.45) is 3.04. The molecule has 0 aromatic heterocycles. The van der Waals surface area contributed by atoms with Gasteiger partial charge in [0.25, 0.3) is 0 Å². The van der Waals surface area contributed by atoms with Crippen LogP contribution in [0.2, 0.25) is 0 Å². The van der Waals surface area contributed by atoms with Gasteiger partial charge in [-0.2, -0.15) is 0 Å². The maximum Gasteiger partial charge on any atom is 0.163 e. The number of hydrogen-bond donors (Lipinski definition) is 0. The van der Waals surface area contributed by atoms with E-state index in [0.717, 1.165) is 13.2 Å². The number of rotatable bonds is 2. The summed E-state index contributed by atoms with van der Waals surface area (Å²) < 4.78 is 12.6. The van der Waals surface area contributed by atoms with Gasteiger partial charge in [0.05, 0.1) is 26.7 Å². The van der Waals surface area contributed by atoms with E-state index >= 15 is 0 Å². The lowest BCUT2D eigenvalue weighted by Gasteiger charge is -2.31. The van der Waals surface area contributed by atoms with Gasteiger partial charge in [-0.3, -0.25) is 0 Å². The summed E-state index contributed by atoms with van der Waals surface area (Å²) in [5.74, 6) is -0.358. The quantitative estimate of drug-likeness (QED) is 0.627. The first kappa shape index (κ1) is 10.4. The Morgan fingerprint density at radius 2 is 1.93 bits per heavy atom. The molecule has 2 aliphatic heterocycles. The Labute approximate surface area is 86.6 Å². The minimum atomic E-state index is -0.358. The van der Waals surface area contributed by atoms with Crippen LogP contribution in [0.1, 0.15) is 26.7 Å². The van der Waals surface area contributed by atoms with Crippen molar-refractivity contribution in [3.8, 4) is 0 Å². The van der Waals surface area contributed by atoms with Crippen LogP contribution in [0.25, 0.3) is 0 Å². The van der Waals surface area contributed by atoms with Crippen molar-refractivity contribution >= 4 is 0 Å². The molecule has 0 bridgehead atoms. The fraction of sp³-hybridized carbons (Fsp3) is 1.00. The molecule has 0 unspecified atom stereocenters. The molecule has 2 fully saturated rings. The molecule has 3 heteroatoms. The molecule has 0 N–H and O–H groups in total. The molecule has 82 valence electrons. The van der Waals surface area contributed by atoms with E-state index in [9.17, 15) is 0 Å². The Kier molecular flexibility index (Phi) is 2.58. The van der Waals surface area contributed by atoms with E-state index in [1.54, 1.807) is 0 Å². The Morgan fingerprint density at radius 3 is 2.43 bits per heavy atom. The van der Waals surface area contributed by atoms with E-state index in [1.165, 1.54) is 30.4 Å². The predicted octanol–water partition coefficient (Wildman–Crippen LogP) is 1.38. The topological polar surface area (TPSA) is 18.5 Å². The molecular formula is C11H22NO2+. The highest BCUT2D eigenvalue weighted by Crippen LogP contribution is 2.26. The van der Waals surface area contributed by atoms with Gasteiger partial charge in [-0.05, 0) is 13.8 Å². The van der Waals surface area contributed by atoms with E-state index < -0.39 is 0 Å². The molecule has 3 nitrogen and oxygen atoms in total. The first-order chi connectivity index (χ1) is 6.49. The SMILES string of the molecule is CC1(C)OC[C@H](C[N+]2(C)CCCC2)O1. The largest absolute Gasteiger partial charge is 0.348 e. The van der Waals surface area contributed by atoms with Crippen LogP contribution in [0, 0.1) is 0 Å². The Balaban J connectivity index is 1.86. The third-order valence-corrected chi connectivity index (χ3v) is 3.36. The van der Waals surface area contributed by atoms with Gasteiger partial charge >= 0.3 is 0 Å². The number of ether oxygens (including phenoxy) is 2. The average Bonchev–Trinajstić information content (AvgIpc) is 2.59. The summed E-state index contributed by atoms with van der Waals surface area (Å²) in [5.41, 5.74) is 0. The normalized spacial score (nSPS) is 34.9. The lowest BCUT2D eigenvalue weighted by Crippen LogP contribution is -2.47. The minimum Gasteiger partial charge on any atom is -0.348 e. The second-order valence-corrected chi connectivity index (χ2v) is 5.41. The van der Waals surface area contributed by atoms with Gasteiger partial charge in [-0.15, -0.1) is 0 Å². The van der Waals surface area contributed by atoms with Crippen molar-refractivity contribution in [3.05, 3.63) is 0 Å². The molecule has 1 atom stereocenters. The molecule has 0 spiro atoms. The van der Waals surface area contributed by atoms with E-state index in [-0.39, 0.29) is 5.79 Å². The van der Waals surface area contributed by atoms with Gasteiger partial charge in [0, 0.05) is 12.8 Å². The molecule has 2 aliphatic rings. The average molecular weight is 200 g/mol. The molecule has 14 heavy (non-hydrogen) atoms. The predicted molar refractivity (Wildman–Crippen MR) is 54.9 cm³/mol. The van der Waals surface area contributed by atoms with Crippen molar-refractivity contribution in [2.75, 3.05) is 33.3 Å². The summed E-state index contributed by atoms with van der Waals surface area (Å²) in [6, 6.07) is 0.